The van der Waals surface area contributed by atoms with Gasteiger partial charge in [0.05, 0.1) is 6.26 Å². The van der Waals surface area contributed by atoms with Crippen LogP contribution in [0.5, 0.6) is 5.75 Å². The predicted molar refractivity (Wildman–Crippen MR) is 57.6 cm³/mol. The lowest BCUT2D eigenvalue weighted by atomic mass is 10.3. The number of para-hydroxylation sites is 1. The van der Waals surface area contributed by atoms with E-state index < -0.39 is 18.4 Å². The molecule has 0 heterocycles. The Bertz CT molecular complexity index is 381. The Balaban J connectivity index is 2.39. The molecule has 84 valence electrons. The molecule has 0 aliphatic heterocycles. The van der Waals surface area contributed by atoms with Crippen molar-refractivity contribution in [1.82, 2.24) is 0 Å². The maximum atomic E-state index is 11.2. The van der Waals surface area contributed by atoms with Crippen LogP contribution in [0, 0.1) is 0 Å². The molecule has 0 bridgehead atoms. The lowest BCUT2D eigenvalue weighted by Crippen LogP contribution is -2.14. The van der Waals surface area contributed by atoms with E-state index in [-0.39, 0.29) is 0 Å². The fourth-order valence-electron chi connectivity index (χ4n) is 0.960. The van der Waals surface area contributed by atoms with Crippen molar-refractivity contribution in [2.24, 2.45) is 0 Å². The van der Waals surface area contributed by atoms with Crippen molar-refractivity contribution in [3.05, 3.63) is 42.7 Å². The van der Waals surface area contributed by atoms with Gasteiger partial charge in [-0.15, -0.1) is 0 Å². The summed E-state index contributed by atoms with van der Waals surface area (Å²) in [5, 5.41) is 0. The van der Waals surface area contributed by atoms with Crippen LogP contribution in [-0.4, -0.2) is 11.9 Å². The van der Waals surface area contributed by atoms with Gasteiger partial charge in [0.25, 0.3) is 0 Å². The lowest BCUT2D eigenvalue weighted by Gasteiger charge is -2.02. The van der Waals surface area contributed by atoms with Crippen LogP contribution in [0.15, 0.2) is 42.7 Å². The predicted octanol–water partition coefficient (Wildman–Crippen LogP) is 2.06. The molecule has 0 unspecified atom stereocenters. The zero-order valence-electron chi connectivity index (χ0n) is 8.88. The number of hydrogen-bond donors (Lipinski definition) is 0. The van der Waals surface area contributed by atoms with Crippen LogP contribution >= 0.6 is 0 Å². The van der Waals surface area contributed by atoms with Crippen LogP contribution in [-0.2, 0) is 14.3 Å². The van der Waals surface area contributed by atoms with Gasteiger partial charge in [0, 0.05) is 0 Å². The molecule has 0 fully saturated rings. The van der Waals surface area contributed by atoms with Crippen LogP contribution in [0.25, 0.3) is 0 Å². The molecule has 0 saturated carbocycles. The maximum absolute atomic E-state index is 11.2. The smallest absolute Gasteiger partial charge is 0.322 e. The van der Waals surface area contributed by atoms with Crippen molar-refractivity contribution >= 4 is 11.9 Å². The van der Waals surface area contributed by atoms with Gasteiger partial charge < -0.3 is 9.47 Å². The van der Waals surface area contributed by atoms with Gasteiger partial charge in [-0.3, -0.25) is 9.59 Å². The van der Waals surface area contributed by atoms with E-state index in [9.17, 15) is 9.59 Å². The average molecular weight is 220 g/mol. The first-order chi connectivity index (χ1) is 7.72. The summed E-state index contributed by atoms with van der Waals surface area (Å²) < 4.78 is 9.48. The van der Waals surface area contributed by atoms with E-state index in [0.29, 0.717) is 5.75 Å². The molecule has 16 heavy (non-hydrogen) atoms. The van der Waals surface area contributed by atoms with Gasteiger partial charge in [0.1, 0.15) is 12.2 Å². The summed E-state index contributed by atoms with van der Waals surface area (Å²) in [5.74, 6) is -0.869. The van der Waals surface area contributed by atoms with E-state index in [1.165, 1.54) is 6.26 Å². The minimum Gasteiger partial charge on any atom is -0.434 e. The second kappa shape index (κ2) is 6.40. The third-order valence-electron chi connectivity index (χ3n) is 1.60. The molecule has 0 aliphatic rings. The van der Waals surface area contributed by atoms with Crippen molar-refractivity contribution in [3.8, 4) is 5.75 Å². The molecule has 1 aromatic carbocycles. The zero-order chi connectivity index (χ0) is 11.8. The van der Waals surface area contributed by atoms with E-state index in [4.69, 9.17) is 4.74 Å². The molecule has 1 aromatic rings. The number of rotatable bonds is 4. The average Bonchev–Trinajstić information content (AvgIpc) is 2.27. The molecule has 0 amide bonds. The Morgan fingerprint density at radius 1 is 1.19 bits per heavy atom. The molecular weight excluding hydrogens is 208 g/mol. The monoisotopic (exact) mass is 220 g/mol. The summed E-state index contributed by atoms with van der Waals surface area (Å²) in [6.45, 7) is 1.70. The van der Waals surface area contributed by atoms with Gasteiger partial charge in [0.15, 0.2) is 0 Å². The lowest BCUT2D eigenvalue weighted by molar-refractivity contribution is -0.146. The van der Waals surface area contributed by atoms with Gasteiger partial charge >= 0.3 is 11.9 Å². The van der Waals surface area contributed by atoms with Gasteiger partial charge in [-0.05, 0) is 19.1 Å². The van der Waals surface area contributed by atoms with Crippen LogP contribution in [0.4, 0.5) is 0 Å². The standard InChI is InChI=1S/C12H12O4/c1-2-8-15-11(13)9-12(14)16-10-6-4-3-5-7-10/h2-8H,9H2,1H3. The molecule has 0 saturated heterocycles. The Labute approximate surface area is 93.5 Å². The minimum atomic E-state index is -0.640. The van der Waals surface area contributed by atoms with Gasteiger partial charge in [0.2, 0.25) is 0 Å². The Morgan fingerprint density at radius 3 is 2.50 bits per heavy atom. The Hall–Kier alpha value is -2.10. The number of ether oxygens (including phenoxy) is 2. The number of esters is 2. The third-order valence-corrected chi connectivity index (χ3v) is 1.60. The van der Waals surface area contributed by atoms with Crippen molar-refractivity contribution in [3.63, 3.8) is 0 Å². The summed E-state index contributed by atoms with van der Waals surface area (Å²) in [6.07, 6.45) is 2.37. The molecule has 0 aliphatic carbocycles. The van der Waals surface area contributed by atoms with Crippen LogP contribution in [0.3, 0.4) is 0 Å². The molecule has 4 heteroatoms. The Morgan fingerprint density at radius 2 is 1.88 bits per heavy atom. The summed E-state index contributed by atoms with van der Waals surface area (Å²) in [6, 6.07) is 8.55. The van der Waals surface area contributed by atoms with E-state index in [1.807, 2.05) is 0 Å². The maximum Gasteiger partial charge on any atom is 0.322 e. The highest BCUT2D eigenvalue weighted by molar-refractivity contribution is 5.92. The van der Waals surface area contributed by atoms with E-state index in [1.54, 1.807) is 43.3 Å². The number of allylic oxidation sites excluding steroid dienone is 1. The summed E-state index contributed by atoms with van der Waals surface area (Å²) in [4.78, 5) is 22.3. The highest BCUT2D eigenvalue weighted by atomic mass is 16.6. The molecule has 0 spiro atoms. The normalized spacial score (nSPS) is 10.1. The fraction of sp³-hybridized carbons (Fsp3) is 0.167. The molecule has 0 atom stereocenters. The first-order valence-electron chi connectivity index (χ1n) is 4.78. The zero-order valence-corrected chi connectivity index (χ0v) is 8.88. The minimum absolute atomic E-state index is 0.404. The fourth-order valence-corrected chi connectivity index (χ4v) is 0.960. The number of hydrogen-bond acceptors (Lipinski definition) is 4. The topological polar surface area (TPSA) is 52.6 Å². The second-order valence-electron chi connectivity index (χ2n) is 2.92. The van der Waals surface area contributed by atoms with Crippen LogP contribution in [0.1, 0.15) is 13.3 Å². The van der Waals surface area contributed by atoms with Gasteiger partial charge in [-0.1, -0.05) is 24.3 Å². The molecule has 0 radical (unpaired) electrons. The van der Waals surface area contributed by atoms with Crippen molar-refractivity contribution in [2.45, 2.75) is 13.3 Å². The largest absolute Gasteiger partial charge is 0.434 e. The van der Waals surface area contributed by atoms with E-state index in [0.717, 1.165) is 0 Å². The van der Waals surface area contributed by atoms with Crippen molar-refractivity contribution in [1.29, 1.82) is 0 Å². The third kappa shape index (κ3) is 4.41. The number of carbonyl (C=O) groups is 2. The first kappa shape index (κ1) is 12.0. The van der Waals surface area contributed by atoms with E-state index >= 15 is 0 Å². The quantitative estimate of drug-likeness (QED) is 0.337. The number of carbonyl (C=O) groups excluding carboxylic acids is 2. The molecule has 0 aromatic heterocycles. The highest BCUT2D eigenvalue weighted by Crippen LogP contribution is 2.09. The Kier molecular flexibility index (Phi) is 4.79. The highest BCUT2D eigenvalue weighted by Gasteiger charge is 2.11. The molecule has 0 N–H and O–H groups in total. The van der Waals surface area contributed by atoms with E-state index in [2.05, 4.69) is 4.74 Å². The van der Waals surface area contributed by atoms with Crippen molar-refractivity contribution in [2.75, 3.05) is 0 Å². The van der Waals surface area contributed by atoms with Gasteiger partial charge in [-0.2, -0.15) is 0 Å². The van der Waals surface area contributed by atoms with Crippen LogP contribution < -0.4 is 4.74 Å². The SMILES string of the molecule is CC=COC(=O)CC(=O)Oc1ccccc1. The summed E-state index contributed by atoms with van der Waals surface area (Å²) in [5.41, 5.74) is 0. The molecule has 1 rings (SSSR count). The molecular formula is C12H12O4. The first-order valence-corrected chi connectivity index (χ1v) is 4.78. The molecule has 4 nitrogen and oxygen atoms in total. The summed E-state index contributed by atoms with van der Waals surface area (Å²) >= 11 is 0. The number of benzene rings is 1. The second-order valence-corrected chi connectivity index (χ2v) is 2.92. The van der Waals surface area contributed by atoms with Gasteiger partial charge in [-0.25, -0.2) is 0 Å². The summed E-state index contributed by atoms with van der Waals surface area (Å²) in [7, 11) is 0. The van der Waals surface area contributed by atoms with Crippen molar-refractivity contribution < 1.29 is 19.1 Å². The van der Waals surface area contributed by atoms with Crippen LogP contribution in [0.2, 0.25) is 0 Å².